The molecule has 27 heavy (non-hydrogen) atoms. The molecule has 1 saturated heterocycles. The zero-order chi connectivity index (χ0) is 19.4. The van der Waals surface area contributed by atoms with E-state index in [0.29, 0.717) is 23.7 Å². The van der Waals surface area contributed by atoms with Crippen molar-refractivity contribution in [3.63, 3.8) is 0 Å². The number of aryl methyl sites for hydroxylation is 1. The van der Waals surface area contributed by atoms with Crippen LogP contribution in [-0.2, 0) is 11.2 Å². The highest BCUT2D eigenvalue weighted by atomic mass is 79.9. The molecule has 1 aromatic carbocycles. The average Bonchev–Trinajstić information content (AvgIpc) is 3.13. The molecule has 0 unspecified atom stereocenters. The Hall–Kier alpha value is -2.54. The Kier molecular flexibility index (Phi) is 6.01. The van der Waals surface area contributed by atoms with Crippen LogP contribution >= 0.6 is 15.9 Å². The first-order valence-corrected chi connectivity index (χ1v) is 9.55. The molecule has 0 spiro atoms. The zero-order valence-corrected chi connectivity index (χ0v) is 16.7. The van der Waals surface area contributed by atoms with E-state index in [-0.39, 0.29) is 11.8 Å². The van der Waals surface area contributed by atoms with Crippen LogP contribution in [-0.4, -0.2) is 39.8 Å². The lowest BCUT2D eigenvalue weighted by Gasteiger charge is -2.17. The molecule has 1 aliphatic rings. The van der Waals surface area contributed by atoms with Gasteiger partial charge in [0.25, 0.3) is 5.91 Å². The quantitative estimate of drug-likeness (QED) is 0.740. The molecule has 2 amide bonds. The van der Waals surface area contributed by atoms with Gasteiger partial charge < -0.3 is 10.2 Å². The smallest absolute Gasteiger partial charge is 0.253 e. The molecule has 1 fully saturated rings. The maximum atomic E-state index is 12.8. The Bertz CT molecular complexity index is 867. The summed E-state index contributed by atoms with van der Waals surface area (Å²) in [7, 11) is 0. The van der Waals surface area contributed by atoms with Crippen molar-refractivity contribution in [1.29, 1.82) is 0 Å². The monoisotopic (exact) mass is 428 g/mol. The van der Waals surface area contributed by atoms with Crippen LogP contribution in [0.5, 0.6) is 0 Å². The van der Waals surface area contributed by atoms with Gasteiger partial charge in [0.1, 0.15) is 5.82 Å². The van der Waals surface area contributed by atoms with Gasteiger partial charge in [-0.1, -0.05) is 6.58 Å². The highest BCUT2D eigenvalue weighted by molar-refractivity contribution is 9.10. The second kappa shape index (κ2) is 8.43. The van der Waals surface area contributed by atoms with Gasteiger partial charge in [-0.2, -0.15) is 0 Å². The van der Waals surface area contributed by atoms with Crippen molar-refractivity contribution in [3.8, 4) is 0 Å². The molecule has 140 valence electrons. The number of carbonyl (C=O) groups excluding carboxylic acids is 2. The third kappa shape index (κ3) is 4.80. The van der Waals surface area contributed by atoms with Crippen LogP contribution in [0, 0.1) is 12.8 Å². The van der Waals surface area contributed by atoms with Gasteiger partial charge in [-0.3, -0.25) is 9.59 Å². The Morgan fingerprint density at radius 2 is 2.11 bits per heavy atom. The molecule has 1 aromatic heterocycles. The van der Waals surface area contributed by atoms with E-state index < -0.39 is 0 Å². The lowest BCUT2D eigenvalue weighted by atomic mass is 10.0. The fourth-order valence-electron chi connectivity index (χ4n) is 3.19. The normalized spacial score (nSPS) is 16.2. The highest BCUT2D eigenvalue weighted by Crippen LogP contribution is 2.23. The lowest BCUT2D eigenvalue weighted by Crippen LogP contribution is -2.29. The van der Waals surface area contributed by atoms with Crippen molar-refractivity contribution in [2.45, 2.75) is 19.8 Å². The summed E-state index contributed by atoms with van der Waals surface area (Å²) >= 11 is 3.33. The first-order valence-electron chi connectivity index (χ1n) is 8.76. The summed E-state index contributed by atoms with van der Waals surface area (Å²) in [5, 5.41) is 2.73. The second-order valence-corrected chi connectivity index (χ2v) is 7.57. The molecule has 7 heteroatoms. The summed E-state index contributed by atoms with van der Waals surface area (Å²) in [6, 6.07) is 5.32. The van der Waals surface area contributed by atoms with Gasteiger partial charge in [0.2, 0.25) is 5.91 Å². The number of hydrogen-bond donors (Lipinski definition) is 1. The van der Waals surface area contributed by atoms with Gasteiger partial charge >= 0.3 is 0 Å². The predicted molar refractivity (Wildman–Crippen MR) is 107 cm³/mol. The fraction of sp³-hybridized carbons (Fsp3) is 0.300. The van der Waals surface area contributed by atoms with Crippen LogP contribution in [0.4, 0.5) is 5.69 Å². The molecular weight excluding hydrogens is 408 g/mol. The molecule has 3 rings (SSSR count). The topological polar surface area (TPSA) is 75.2 Å². The first-order chi connectivity index (χ1) is 13.0. The van der Waals surface area contributed by atoms with Crippen molar-refractivity contribution in [2.75, 3.05) is 18.4 Å². The molecule has 1 aliphatic heterocycles. The van der Waals surface area contributed by atoms with E-state index in [1.807, 2.05) is 17.9 Å². The molecule has 0 bridgehead atoms. The van der Waals surface area contributed by atoms with Gasteiger partial charge in [-0.15, -0.1) is 0 Å². The van der Waals surface area contributed by atoms with Gasteiger partial charge in [-0.25, -0.2) is 9.97 Å². The molecular formula is C20H21BrN4O2. The molecule has 0 radical (unpaired) electrons. The average molecular weight is 429 g/mol. The highest BCUT2D eigenvalue weighted by Gasteiger charge is 2.27. The Labute approximate surface area is 166 Å². The van der Waals surface area contributed by atoms with Crippen LogP contribution < -0.4 is 5.32 Å². The minimum Gasteiger partial charge on any atom is -0.338 e. The molecule has 6 nitrogen and oxygen atoms in total. The molecule has 1 atom stereocenters. The Morgan fingerprint density at radius 1 is 1.37 bits per heavy atom. The summed E-state index contributed by atoms with van der Waals surface area (Å²) in [6.07, 6.45) is 6.42. The SMILES string of the molecule is C=CC(=O)Nc1ccc(C(=O)N2CC[C@@H](Cc3ncc(Br)cn3)C2)cc1C. The van der Waals surface area contributed by atoms with E-state index in [0.717, 1.165) is 35.2 Å². The maximum Gasteiger partial charge on any atom is 0.253 e. The second-order valence-electron chi connectivity index (χ2n) is 6.65. The molecule has 0 saturated carbocycles. The van der Waals surface area contributed by atoms with Crippen LogP contribution in [0.25, 0.3) is 0 Å². The van der Waals surface area contributed by atoms with E-state index in [2.05, 4.69) is 37.8 Å². The van der Waals surface area contributed by atoms with E-state index in [9.17, 15) is 9.59 Å². The Morgan fingerprint density at radius 3 is 2.78 bits per heavy atom. The number of hydrogen-bond acceptors (Lipinski definition) is 4. The molecule has 2 aromatic rings. The molecule has 0 aliphatic carbocycles. The maximum absolute atomic E-state index is 12.8. The van der Waals surface area contributed by atoms with Crippen molar-refractivity contribution >= 4 is 33.4 Å². The largest absolute Gasteiger partial charge is 0.338 e. The van der Waals surface area contributed by atoms with E-state index >= 15 is 0 Å². The first kappa shape index (κ1) is 19.2. The number of aromatic nitrogens is 2. The number of likely N-dealkylation sites (tertiary alicyclic amines) is 1. The summed E-state index contributed by atoms with van der Waals surface area (Å²) in [5.74, 6) is 0.909. The van der Waals surface area contributed by atoms with Gasteiger partial charge in [-0.05, 0) is 65.0 Å². The third-order valence-corrected chi connectivity index (χ3v) is 5.04. The summed E-state index contributed by atoms with van der Waals surface area (Å²) in [6.45, 7) is 6.74. The van der Waals surface area contributed by atoms with Crippen LogP contribution in [0.3, 0.4) is 0 Å². The summed E-state index contributed by atoms with van der Waals surface area (Å²) < 4.78 is 0.859. The standard InChI is InChI=1S/C20H21BrN4O2/c1-3-19(26)24-17-5-4-15(8-13(17)2)20(27)25-7-6-14(12-25)9-18-22-10-16(21)11-23-18/h3-5,8,10-11,14H,1,6-7,9,12H2,2H3,(H,24,26)/t14-/m0/s1. The van der Waals surface area contributed by atoms with Crippen molar-refractivity contribution in [1.82, 2.24) is 14.9 Å². The number of amides is 2. The third-order valence-electron chi connectivity index (χ3n) is 4.63. The predicted octanol–water partition coefficient (Wildman–Crippen LogP) is 3.38. The van der Waals surface area contributed by atoms with E-state index in [1.54, 1.807) is 24.5 Å². The number of halogens is 1. The number of rotatable bonds is 5. The Balaban J connectivity index is 1.62. The van der Waals surface area contributed by atoms with Crippen LogP contribution in [0.1, 0.15) is 28.2 Å². The minimum atomic E-state index is -0.269. The van der Waals surface area contributed by atoms with Crippen LogP contribution in [0.2, 0.25) is 0 Å². The van der Waals surface area contributed by atoms with Crippen LogP contribution in [0.15, 0.2) is 47.7 Å². The van der Waals surface area contributed by atoms with Gasteiger partial charge in [0.15, 0.2) is 0 Å². The summed E-state index contributed by atoms with van der Waals surface area (Å²) in [5.41, 5.74) is 2.16. The minimum absolute atomic E-state index is 0.0129. The summed E-state index contributed by atoms with van der Waals surface area (Å²) in [4.78, 5) is 34.8. The van der Waals surface area contributed by atoms with Gasteiger partial charge in [0.05, 0.1) is 4.47 Å². The van der Waals surface area contributed by atoms with Crippen molar-refractivity contribution in [2.24, 2.45) is 5.92 Å². The number of anilines is 1. The number of nitrogens with one attached hydrogen (secondary N) is 1. The number of carbonyl (C=O) groups is 2. The van der Waals surface area contributed by atoms with E-state index in [1.165, 1.54) is 6.08 Å². The zero-order valence-electron chi connectivity index (χ0n) is 15.1. The van der Waals surface area contributed by atoms with E-state index in [4.69, 9.17) is 0 Å². The van der Waals surface area contributed by atoms with Crippen molar-refractivity contribution < 1.29 is 9.59 Å². The van der Waals surface area contributed by atoms with Crippen molar-refractivity contribution in [3.05, 3.63) is 64.7 Å². The number of benzene rings is 1. The van der Waals surface area contributed by atoms with Gasteiger partial charge in [0, 0.05) is 43.2 Å². The molecule has 2 heterocycles. The number of nitrogens with zero attached hydrogens (tertiary/aromatic N) is 3. The lowest BCUT2D eigenvalue weighted by molar-refractivity contribution is -0.111. The molecule has 1 N–H and O–H groups in total. The fourth-order valence-corrected chi connectivity index (χ4v) is 3.39.